The highest BCUT2D eigenvalue weighted by molar-refractivity contribution is 6.29. The van der Waals surface area contributed by atoms with Crippen molar-refractivity contribution in [2.45, 2.75) is 31.7 Å². The average molecular weight is 393 g/mol. The van der Waals surface area contributed by atoms with Crippen molar-refractivity contribution in [3.63, 3.8) is 0 Å². The first-order valence-electron chi connectivity index (χ1n) is 10.1. The number of likely N-dealkylation sites (tertiary alicyclic amines) is 1. The molecule has 2 amide bonds. The van der Waals surface area contributed by atoms with Gasteiger partial charge in [-0.1, -0.05) is 25.1 Å². The molecule has 29 heavy (non-hydrogen) atoms. The zero-order chi connectivity index (χ0) is 20.4. The summed E-state index contributed by atoms with van der Waals surface area (Å²) in [6, 6.07) is 12.9. The number of carbonyl (C=O) groups is 2. The Morgan fingerprint density at radius 2 is 1.90 bits per heavy atom. The van der Waals surface area contributed by atoms with Crippen LogP contribution >= 0.6 is 0 Å². The Morgan fingerprint density at radius 3 is 2.66 bits per heavy atom. The van der Waals surface area contributed by atoms with E-state index in [-0.39, 0.29) is 5.91 Å². The number of hydrogen-bond donors (Lipinski definition) is 0. The summed E-state index contributed by atoms with van der Waals surface area (Å²) in [6.45, 7) is 4.88. The van der Waals surface area contributed by atoms with Gasteiger partial charge in [0.05, 0.1) is 18.2 Å². The summed E-state index contributed by atoms with van der Waals surface area (Å²) >= 11 is 0. The molecule has 150 valence electrons. The van der Waals surface area contributed by atoms with Crippen molar-refractivity contribution >= 4 is 23.7 Å². The SMILES string of the molecule is CCN1CCC[C@@H]1CN=CC1C(=O)N(c2ccc(F)cc2)C(=O)c2ccccc21. The summed E-state index contributed by atoms with van der Waals surface area (Å²) < 4.78 is 13.3. The fourth-order valence-electron chi connectivity index (χ4n) is 4.24. The molecule has 2 aromatic rings. The van der Waals surface area contributed by atoms with Crippen LogP contribution in [0.3, 0.4) is 0 Å². The maximum atomic E-state index is 13.3. The maximum absolute atomic E-state index is 13.3. The predicted octanol–water partition coefficient (Wildman–Crippen LogP) is 3.65. The summed E-state index contributed by atoms with van der Waals surface area (Å²) in [5, 5.41) is 0. The molecule has 0 radical (unpaired) electrons. The van der Waals surface area contributed by atoms with Crippen LogP contribution in [0.4, 0.5) is 10.1 Å². The van der Waals surface area contributed by atoms with E-state index in [0.717, 1.165) is 24.4 Å². The van der Waals surface area contributed by atoms with E-state index in [2.05, 4.69) is 16.8 Å². The number of likely N-dealkylation sites (N-methyl/N-ethyl adjacent to an activating group) is 1. The molecule has 6 heteroatoms. The van der Waals surface area contributed by atoms with Crippen LogP contribution in [0.5, 0.6) is 0 Å². The van der Waals surface area contributed by atoms with Crippen molar-refractivity contribution in [2.75, 3.05) is 24.5 Å². The number of halogens is 1. The first-order chi connectivity index (χ1) is 14.1. The summed E-state index contributed by atoms with van der Waals surface area (Å²) in [5.41, 5.74) is 1.51. The highest BCUT2D eigenvalue weighted by Gasteiger charge is 2.38. The molecule has 2 aliphatic heterocycles. The highest BCUT2D eigenvalue weighted by atomic mass is 19.1. The number of benzene rings is 2. The molecular formula is C23H24FN3O2. The van der Waals surface area contributed by atoms with Crippen LogP contribution in [0.1, 0.15) is 41.6 Å². The Hall–Kier alpha value is -2.86. The number of rotatable bonds is 5. The molecule has 5 nitrogen and oxygen atoms in total. The maximum Gasteiger partial charge on any atom is 0.265 e. The molecule has 2 aromatic carbocycles. The number of aliphatic imine (C=N–C) groups is 1. The lowest BCUT2D eigenvalue weighted by atomic mass is 9.89. The zero-order valence-electron chi connectivity index (χ0n) is 16.4. The molecule has 0 aliphatic carbocycles. The van der Waals surface area contributed by atoms with Crippen LogP contribution < -0.4 is 4.90 Å². The molecule has 0 N–H and O–H groups in total. The number of imide groups is 1. The minimum atomic E-state index is -0.634. The van der Waals surface area contributed by atoms with Crippen LogP contribution in [0.25, 0.3) is 0 Å². The number of fused-ring (bicyclic) bond motifs is 1. The molecule has 2 atom stereocenters. The van der Waals surface area contributed by atoms with Crippen LogP contribution in [0.2, 0.25) is 0 Å². The standard InChI is InChI=1S/C23H24FN3O2/c1-2-26-13-5-6-18(26)14-25-15-21-19-7-3-4-8-20(19)22(28)27(23(21)29)17-11-9-16(24)10-12-17/h3-4,7-12,15,18,21H,2,5-6,13-14H2,1H3/t18-,21?/m1/s1. The van der Waals surface area contributed by atoms with E-state index in [1.807, 2.05) is 6.07 Å². The zero-order valence-corrected chi connectivity index (χ0v) is 16.4. The van der Waals surface area contributed by atoms with Crippen molar-refractivity contribution in [1.29, 1.82) is 0 Å². The Morgan fingerprint density at radius 1 is 1.14 bits per heavy atom. The monoisotopic (exact) mass is 393 g/mol. The molecule has 0 spiro atoms. The van der Waals surface area contributed by atoms with Crippen molar-refractivity contribution in [3.8, 4) is 0 Å². The lowest BCUT2D eigenvalue weighted by Crippen LogP contribution is -2.45. The number of hydrogen-bond acceptors (Lipinski definition) is 4. The Labute approximate surface area is 169 Å². The minimum Gasteiger partial charge on any atom is -0.299 e. The van der Waals surface area contributed by atoms with Crippen molar-refractivity contribution in [1.82, 2.24) is 4.90 Å². The third-order valence-electron chi connectivity index (χ3n) is 5.78. The minimum absolute atomic E-state index is 0.358. The van der Waals surface area contributed by atoms with Gasteiger partial charge in [0.1, 0.15) is 5.82 Å². The van der Waals surface area contributed by atoms with E-state index in [4.69, 9.17) is 0 Å². The largest absolute Gasteiger partial charge is 0.299 e. The van der Waals surface area contributed by atoms with Crippen LogP contribution in [-0.4, -0.2) is 48.6 Å². The molecule has 0 bridgehead atoms. The van der Waals surface area contributed by atoms with Crippen LogP contribution in [-0.2, 0) is 4.79 Å². The molecular weight excluding hydrogens is 369 g/mol. The van der Waals surface area contributed by atoms with Gasteiger partial charge in [0.25, 0.3) is 5.91 Å². The molecule has 1 saturated heterocycles. The van der Waals surface area contributed by atoms with Gasteiger partial charge in [-0.2, -0.15) is 0 Å². The number of nitrogens with zero attached hydrogens (tertiary/aromatic N) is 3. The fourth-order valence-corrected chi connectivity index (χ4v) is 4.24. The first-order valence-corrected chi connectivity index (χ1v) is 10.1. The van der Waals surface area contributed by atoms with Crippen molar-refractivity contribution < 1.29 is 14.0 Å². The van der Waals surface area contributed by atoms with Gasteiger partial charge in [0.15, 0.2) is 0 Å². The second-order valence-corrected chi connectivity index (χ2v) is 7.46. The third kappa shape index (κ3) is 3.72. The van der Waals surface area contributed by atoms with Gasteiger partial charge in [-0.3, -0.25) is 19.5 Å². The Bertz CT molecular complexity index is 941. The normalized spacial score (nSPS) is 22.5. The van der Waals surface area contributed by atoms with E-state index in [0.29, 0.717) is 29.4 Å². The van der Waals surface area contributed by atoms with Crippen LogP contribution in [0, 0.1) is 5.82 Å². The van der Waals surface area contributed by atoms with Crippen molar-refractivity contribution in [3.05, 3.63) is 65.5 Å². The fraction of sp³-hybridized carbons (Fsp3) is 0.348. The second-order valence-electron chi connectivity index (χ2n) is 7.46. The number of anilines is 1. The third-order valence-corrected chi connectivity index (χ3v) is 5.78. The topological polar surface area (TPSA) is 53.0 Å². The van der Waals surface area contributed by atoms with Gasteiger partial charge in [-0.25, -0.2) is 9.29 Å². The van der Waals surface area contributed by atoms with Gasteiger partial charge < -0.3 is 0 Å². The Balaban J connectivity index is 1.64. The van der Waals surface area contributed by atoms with Gasteiger partial charge in [-0.05, 0) is 61.8 Å². The van der Waals surface area contributed by atoms with E-state index in [9.17, 15) is 14.0 Å². The second kappa shape index (κ2) is 8.25. The molecule has 2 heterocycles. The number of amides is 2. The molecule has 1 fully saturated rings. The van der Waals surface area contributed by atoms with E-state index in [1.165, 1.54) is 30.7 Å². The lowest BCUT2D eigenvalue weighted by Gasteiger charge is -2.31. The van der Waals surface area contributed by atoms with Gasteiger partial charge >= 0.3 is 0 Å². The molecule has 0 aromatic heterocycles. The molecule has 1 unspecified atom stereocenters. The first kappa shape index (κ1) is 19.5. The molecule has 0 saturated carbocycles. The summed E-state index contributed by atoms with van der Waals surface area (Å²) in [4.78, 5) is 34.4. The van der Waals surface area contributed by atoms with E-state index < -0.39 is 17.6 Å². The average Bonchev–Trinajstić information content (AvgIpc) is 3.19. The quantitative estimate of drug-likeness (QED) is 0.576. The smallest absolute Gasteiger partial charge is 0.265 e. The van der Waals surface area contributed by atoms with E-state index >= 15 is 0 Å². The van der Waals surface area contributed by atoms with Gasteiger partial charge in [-0.15, -0.1) is 0 Å². The lowest BCUT2D eigenvalue weighted by molar-refractivity contribution is -0.118. The molecule has 2 aliphatic rings. The predicted molar refractivity (Wildman–Crippen MR) is 111 cm³/mol. The highest BCUT2D eigenvalue weighted by Crippen LogP contribution is 2.32. The summed E-state index contributed by atoms with van der Waals surface area (Å²) in [5.74, 6) is -1.80. The summed E-state index contributed by atoms with van der Waals surface area (Å²) in [7, 11) is 0. The van der Waals surface area contributed by atoms with Crippen molar-refractivity contribution in [2.24, 2.45) is 4.99 Å². The van der Waals surface area contributed by atoms with Gasteiger partial charge in [0, 0.05) is 17.8 Å². The van der Waals surface area contributed by atoms with Gasteiger partial charge in [0.2, 0.25) is 5.91 Å². The molecule has 4 rings (SSSR count). The van der Waals surface area contributed by atoms with Crippen LogP contribution in [0.15, 0.2) is 53.5 Å². The number of carbonyl (C=O) groups excluding carboxylic acids is 2. The summed E-state index contributed by atoms with van der Waals surface area (Å²) in [6.07, 6.45) is 3.96. The Kier molecular flexibility index (Phi) is 5.53. The van der Waals surface area contributed by atoms with E-state index in [1.54, 1.807) is 24.4 Å².